The van der Waals surface area contributed by atoms with Crippen molar-refractivity contribution >= 4 is 34.5 Å². The summed E-state index contributed by atoms with van der Waals surface area (Å²) in [5, 5.41) is 0. The highest BCUT2D eigenvalue weighted by Gasteiger charge is 2.33. The molecule has 2 amide bonds. The van der Waals surface area contributed by atoms with E-state index in [2.05, 4.69) is 6.07 Å². The molecule has 4 rings (SSSR count). The summed E-state index contributed by atoms with van der Waals surface area (Å²) in [6.45, 7) is 0.788. The van der Waals surface area contributed by atoms with E-state index in [9.17, 15) is 9.59 Å². The summed E-state index contributed by atoms with van der Waals surface area (Å²) >= 11 is 3.09. The second-order valence-corrected chi connectivity index (χ2v) is 8.74. The highest BCUT2D eigenvalue weighted by Crippen LogP contribution is 2.38. The van der Waals surface area contributed by atoms with Crippen LogP contribution in [-0.4, -0.2) is 23.3 Å². The maximum Gasteiger partial charge on any atom is 0.264 e. The predicted octanol–water partition coefficient (Wildman–Crippen LogP) is 3.76. The van der Waals surface area contributed by atoms with Gasteiger partial charge in [-0.2, -0.15) is 0 Å². The van der Waals surface area contributed by atoms with Crippen molar-refractivity contribution in [3.8, 4) is 0 Å². The number of primary amides is 1. The number of hydrogen-bond donors (Lipinski definition) is 1. The van der Waals surface area contributed by atoms with Crippen molar-refractivity contribution in [3.63, 3.8) is 0 Å². The number of hydrogen-bond acceptors (Lipinski definition) is 4. The molecule has 0 bridgehead atoms. The molecule has 1 fully saturated rings. The summed E-state index contributed by atoms with van der Waals surface area (Å²) in [5.41, 5.74) is 6.73. The normalized spacial score (nSPS) is 20.2. The van der Waals surface area contributed by atoms with Gasteiger partial charge in [0.15, 0.2) is 0 Å². The zero-order valence-corrected chi connectivity index (χ0v) is 15.0. The number of nitrogens with two attached hydrogens (primary N) is 1. The number of aryl methyl sites for hydroxylation is 2. The van der Waals surface area contributed by atoms with Crippen LogP contribution in [-0.2, 0) is 12.8 Å². The number of likely N-dealkylation sites (tertiary alicyclic amines) is 1. The van der Waals surface area contributed by atoms with E-state index in [1.165, 1.54) is 34.6 Å². The van der Waals surface area contributed by atoms with Crippen LogP contribution in [0.15, 0.2) is 18.2 Å². The number of rotatable bonds is 3. The van der Waals surface area contributed by atoms with E-state index >= 15 is 0 Å². The first-order valence-electron chi connectivity index (χ1n) is 8.45. The first-order valence-corrected chi connectivity index (χ1v) is 10.1. The van der Waals surface area contributed by atoms with Crippen molar-refractivity contribution in [1.29, 1.82) is 0 Å². The maximum atomic E-state index is 13.0. The lowest BCUT2D eigenvalue weighted by Gasteiger charge is -2.23. The van der Waals surface area contributed by atoms with Gasteiger partial charge in [0, 0.05) is 16.3 Å². The fourth-order valence-corrected chi connectivity index (χ4v) is 5.93. The Bertz CT molecular complexity index is 769. The lowest BCUT2D eigenvalue weighted by atomic mass is 9.99. The Labute approximate surface area is 149 Å². The Morgan fingerprint density at radius 1 is 1.08 bits per heavy atom. The summed E-state index contributed by atoms with van der Waals surface area (Å²) in [6, 6.07) is 5.91. The van der Waals surface area contributed by atoms with Gasteiger partial charge in [-0.3, -0.25) is 9.59 Å². The molecule has 1 unspecified atom stereocenters. The molecule has 1 aliphatic carbocycles. The number of thiophene rings is 2. The summed E-state index contributed by atoms with van der Waals surface area (Å²) in [4.78, 5) is 30.3. The number of carbonyl (C=O) groups excluding carboxylic acids is 2. The monoisotopic (exact) mass is 360 g/mol. The molecule has 0 spiro atoms. The van der Waals surface area contributed by atoms with Crippen molar-refractivity contribution in [3.05, 3.63) is 43.3 Å². The molecule has 1 saturated heterocycles. The molecule has 0 aromatic carbocycles. The van der Waals surface area contributed by atoms with Crippen LogP contribution >= 0.6 is 22.7 Å². The van der Waals surface area contributed by atoms with Crippen LogP contribution in [0.5, 0.6) is 0 Å². The third kappa shape index (κ3) is 2.78. The Morgan fingerprint density at radius 2 is 1.92 bits per heavy atom. The van der Waals surface area contributed by atoms with E-state index in [1.807, 2.05) is 11.0 Å². The van der Waals surface area contributed by atoms with Gasteiger partial charge in [-0.1, -0.05) is 0 Å². The number of carbonyl (C=O) groups is 2. The van der Waals surface area contributed by atoms with Gasteiger partial charge in [0.1, 0.15) is 0 Å². The number of amides is 2. The molecule has 24 heavy (non-hydrogen) atoms. The first-order chi connectivity index (χ1) is 11.6. The molecule has 0 radical (unpaired) electrons. The van der Waals surface area contributed by atoms with Crippen LogP contribution in [0, 0.1) is 0 Å². The Hall–Kier alpha value is -1.66. The van der Waals surface area contributed by atoms with E-state index in [4.69, 9.17) is 5.73 Å². The van der Waals surface area contributed by atoms with Gasteiger partial charge >= 0.3 is 0 Å². The Kier molecular flexibility index (Phi) is 4.18. The van der Waals surface area contributed by atoms with Crippen molar-refractivity contribution in [2.75, 3.05) is 6.54 Å². The molecule has 2 aliphatic rings. The summed E-state index contributed by atoms with van der Waals surface area (Å²) < 4.78 is 0. The zero-order chi connectivity index (χ0) is 16.7. The fraction of sp³-hybridized carbons (Fsp3) is 0.444. The smallest absolute Gasteiger partial charge is 0.264 e. The minimum Gasteiger partial charge on any atom is -0.365 e. The van der Waals surface area contributed by atoms with Gasteiger partial charge in [-0.15, -0.1) is 22.7 Å². The third-order valence-electron chi connectivity index (χ3n) is 4.92. The van der Waals surface area contributed by atoms with E-state index in [-0.39, 0.29) is 11.9 Å². The van der Waals surface area contributed by atoms with Crippen LogP contribution < -0.4 is 5.73 Å². The molecule has 1 atom stereocenters. The first kappa shape index (κ1) is 15.8. The van der Waals surface area contributed by atoms with E-state index in [0.29, 0.717) is 4.88 Å². The van der Waals surface area contributed by atoms with Crippen molar-refractivity contribution < 1.29 is 9.59 Å². The van der Waals surface area contributed by atoms with Crippen LogP contribution in [0.25, 0.3) is 0 Å². The summed E-state index contributed by atoms with van der Waals surface area (Å²) in [5.74, 6) is -0.251. The molecule has 2 N–H and O–H groups in total. The maximum absolute atomic E-state index is 13.0. The van der Waals surface area contributed by atoms with Gasteiger partial charge in [-0.05, 0) is 62.3 Å². The fourth-order valence-electron chi connectivity index (χ4n) is 3.71. The summed E-state index contributed by atoms with van der Waals surface area (Å²) in [7, 11) is 0. The SMILES string of the molecule is NC(=O)c1ccc(C2CCCN2C(=O)c2cc3c(s2)CCCC3)s1. The van der Waals surface area contributed by atoms with E-state index in [0.717, 1.165) is 42.0 Å². The minimum absolute atomic E-state index is 0.0785. The molecule has 6 heteroatoms. The number of fused-ring (bicyclic) bond motifs is 1. The molecule has 2 aromatic heterocycles. The quantitative estimate of drug-likeness (QED) is 0.906. The highest BCUT2D eigenvalue weighted by atomic mass is 32.1. The summed E-state index contributed by atoms with van der Waals surface area (Å²) in [6.07, 6.45) is 6.65. The predicted molar refractivity (Wildman–Crippen MR) is 96.8 cm³/mol. The molecular formula is C18H20N2O2S2. The van der Waals surface area contributed by atoms with Crippen LogP contribution in [0.2, 0.25) is 0 Å². The van der Waals surface area contributed by atoms with Crippen molar-refractivity contribution in [1.82, 2.24) is 4.90 Å². The Balaban J connectivity index is 1.58. The topological polar surface area (TPSA) is 63.4 Å². The lowest BCUT2D eigenvalue weighted by molar-refractivity contribution is 0.0742. The number of nitrogens with zero attached hydrogens (tertiary/aromatic N) is 1. The van der Waals surface area contributed by atoms with Crippen LogP contribution in [0.1, 0.15) is 66.4 Å². The highest BCUT2D eigenvalue weighted by molar-refractivity contribution is 7.14. The van der Waals surface area contributed by atoms with Gasteiger partial charge in [0.2, 0.25) is 0 Å². The molecule has 126 valence electrons. The molecule has 4 nitrogen and oxygen atoms in total. The molecule has 2 aromatic rings. The second kappa shape index (κ2) is 6.33. The second-order valence-electron chi connectivity index (χ2n) is 6.49. The van der Waals surface area contributed by atoms with E-state index in [1.54, 1.807) is 17.4 Å². The molecular weight excluding hydrogens is 340 g/mol. The molecule has 0 saturated carbocycles. The van der Waals surface area contributed by atoms with Crippen LogP contribution in [0.4, 0.5) is 0 Å². The van der Waals surface area contributed by atoms with Crippen LogP contribution in [0.3, 0.4) is 0 Å². The van der Waals surface area contributed by atoms with Gasteiger partial charge in [0.25, 0.3) is 11.8 Å². The van der Waals surface area contributed by atoms with Gasteiger partial charge in [0.05, 0.1) is 15.8 Å². The van der Waals surface area contributed by atoms with Gasteiger partial charge < -0.3 is 10.6 Å². The molecule has 1 aliphatic heterocycles. The Morgan fingerprint density at radius 3 is 2.67 bits per heavy atom. The molecule has 3 heterocycles. The van der Waals surface area contributed by atoms with Crippen molar-refractivity contribution in [2.45, 2.75) is 44.6 Å². The lowest BCUT2D eigenvalue weighted by Crippen LogP contribution is -2.29. The standard InChI is InChI=1S/C18H20N2O2S2/c19-17(21)15-8-7-14(24-15)12-5-3-9-20(12)18(22)16-10-11-4-1-2-6-13(11)23-16/h7-8,10,12H,1-6,9H2,(H2,19,21). The van der Waals surface area contributed by atoms with Gasteiger partial charge in [-0.25, -0.2) is 0 Å². The largest absolute Gasteiger partial charge is 0.365 e. The minimum atomic E-state index is -0.395. The average molecular weight is 361 g/mol. The average Bonchev–Trinajstić information content (AvgIpc) is 3.30. The van der Waals surface area contributed by atoms with Crippen molar-refractivity contribution in [2.24, 2.45) is 5.73 Å². The van der Waals surface area contributed by atoms with E-state index < -0.39 is 5.91 Å². The zero-order valence-electron chi connectivity index (χ0n) is 13.4. The third-order valence-corrected chi connectivity index (χ3v) is 7.35.